The molecular weight excluding hydrogens is 316 g/mol. The highest BCUT2D eigenvalue weighted by atomic mass is 16.5. The molecule has 0 radical (unpaired) electrons. The van der Waals surface area contributed by atoms with Gasteiger partial charge in [-0.25, -0.2) is 0 Å². The average Bonchev–Trinajstić information content (AvgIpc) is 2.64. The zero-order valence-corrected chi connectivity index (χ0v) is 14.1. The number of rotatable bonds is 6. The molecule has 0 fully saturated rings. The fourth-order valence-electron chi connectivity index (χ4n) is 2.10. The van der Waals surface area contributed by atoms with Crippen LogP contribution >= 0.6 is 0 Å². The molecule has 2 aromatic rings. The van der Waals surface area contributed by atoms with Gasteiger partial charge < -0.3 is 9.84 Å². The van der Waals surface area contributed by atoms with E-state index in [1.54, 1.807) is 0 Å². The van der Waals surface area contributed by atoms with Gasteiger partial charge in [-0.15, -0.1) is 0 Å². The lowest BCUT2D eigenvalue weighted by Gasteiger charge is -2.04. The van der Waals surface area contributed by atoms with Crippen molar-refractivity contribution in [3.63, 3.8) is 0 Å². The van der Waals surface area contributed by atoms with Crippen LogP contribution in [0, 0.1) is 11.8 Å². The Bertz CT molecular complexity index is 777. The number of ether oxygens (including phenoxy) is 1. The van der Waals surface area contributed by atoms with Crippen LogP contribution in [0.2, 0.25) is 0 Å². The Kier molecular flexibility index (Phi) is 6.79. The lowest BCUT2D eigenvalue weighted by molar-refractivity contribution is -0.148. The van der Waals surface area contributed by atoms with Crippen molar-refractivity contribution in [2.24, 2.45) is 0 Å². The summed E-state index contributed by atoms with van der Waals surface area (Å²) in [5.41, 5.74) is 3.96. The maximum absolute atomic E-state index is 11.4. The molecule has 0 unspecified atom stereocenters. The second kappa shape index (κ2) is 9.29. The molecule has 0 aliphatic carbocycles. The molecule has 0 aliphatic rings. The van der Waals surface area contributed by atoms with Crippen LogP contribution in [0.25, 0.3) is 0 Å². The molecule has 0 aromatic heterocycles. The van der Waals surface area contributed by atoms with Gasteiger partial charge in [0.1, 0.15) is 6.61 Å². The summed E-state index contributed by atoms with van der Waals surface area (Å²) in [6.45, 7) is 2.25. The second-order valence-corrected chi connectivity index (χ2v) is 5.55. The smallest absolute Gasteiger partial charge is 0.306 e. The van der Waals surface area contributed by atoms with Gasteiger partial charge in [-0.3, -0.25) is 9.59 Å². The Morgan fingerprint density at radius 2 is 1.40 bits per heavy atom. The number of benzene rings is 2. The standard InChI is InChI=1S/C21H20O4/c1-2-16-3-5-17(6-4-16)7-8-18-9-11-19(12-10-18)15-25-21(24)14-13-20(22)23/h3-6,9-12H,2,13-15H2,1H3,(H,22,23). The van der Waals surface area contributed by atoms with Crippen LogP contribution in [0.1, 0.15) is 42.0 Å². The molecule has 4 nitrogen and oxygen atoms in total. The molecule has 0 spiro atoms. The predicted molar refractivity (Wildman–Crippen MR) is 94.9 cm³/mol. The summed E-state index contributed by atoms with van der Waals surface area (Å²) in [6, 6.07) is 15.6. The molecular formula is C21H20O4. The van der Waals surface area contributed by atoms with Crippen molar-refractivity contribution in [1.29, 1.82) is 0 Å². The first kappa shape index (κ1) is 18.3. The van der Waals surface area contributed by atoms with E-state index in [9.17, 15) is 9.59 Å². The van der Waals surface area contributed by atoms with Gasteiger partial charge in [-0.1, -0.05) is 43.0 Å². The SMILES string of the molecule is CCc1ccc(C#Cc2ccc(COC(=O)CCC(=O)O)cc2)cc1. The van der Waals surface area contributed by atoms with Gasteiger partial charge in [0.2, 0.25) is 0 Å². The summed E-state index contributed by atoms with van der Waals surface area (Å²) >= 11 is 0. The number of carbonyl (C=O) groups is 2. The summed E-state index contributed by atoms with van der Waals surface area (Å²) in [5, 5.41) is 8.52. The number of aryl methyl sites for hydroxylation is 1. The number of carboxylic acids is 1. The van der Waals surface area contributed by atoms with E-state index in [0.29, 0.717) is 0 Å². The van der Waals surface area contributed by atoms with E-state index in [2.05, 4.69) is 30.9 Å². The molecule has 1 N–H and O–H groups in total. The summed E-state index contributed by atoms with van der Waals surface area (Å²) < 4.78 is 5.03. The number of hydrogen-bond acceptors (Lipinski definition) is 3. The number of hydrogen-bond donors (Lipinski definition) is 1. The number of carboxylic acid groups (broad SMARTS) is 1. The Morgan fingerprint density at radius 1 is 0.880 bits per heavy atom. The molecule has 0 amide bonds. The summed E-state index contributed by atoms with van der Waals surface area (Å²) in [4.78, 5) is 21.8. The number of carbonyl (C=O) groups excluding carboxylic acids is 1. The minimum atomic E-state index is -1.01. The highest BCUT2D eigenvalue weighted by Gasteiger charge is 2.06. The first-order valence-corrected chi connectivity index (χ1v) is 8.14. The zero-order chi connectivity index (χ0) is 18.1. The molecule has 128 valence electrons. The topological polar surface area (TPSA) is 63.6 Å². The molecule has 0 bridgehead atoms. The first-order chi connectivity index (χ1) is 12.1. The minimum absolute atomic E-state index is 0.115. The van der Waals surface area contributed by atoms with Gasteiger partial charge in [0.05, 0.1) is 12.8 Å². The van der Waals surface area contributed by atoms with Crippen LogP contribution in [0.4, 0.5) is 0 Å². The molecule has 0 atom stereocenters. The van der Waals surface area contributed by atoms with Crippen LogP contribution in [-0.2, 0) is 27.4 Å². The minimum Gasteiger partial charge on any atom is -0.481 e. The monoisotopic (exact) mass is 336 g/mol. The number of esters is 1. The zero-order valence-electron chi connectivity index (χ0n) is 14.1. The van der Waals surface area contributed by atoms with Gasteiger partial charge in [0, 0.05) is 11.1 Å². The molecule has 0 aliphatic heterocycles. The van der Waals surface area contributed by atoms with E-state index >= 15 is 0 Å². The Hall–Kier alpha value is -3.06. The third-order valence-corrected chi connectivity index (χ3v) is 3.61. The second-order valence-electron chi connectivity index (χ2n) is 5.55. The Balaban J connectivity index is 1.88. The fraction of sp³-hybridized carbons (Fsp3) is 0.238. The molecule has 4 heteroatoms. The van der Waals surface area contributed by atoms with Gasteiger partial charge in [-0.05, 0) is 41.8 Å². The van der Waals surface area contributed by atoms with E-state index in [0.717, 1.165) is 23.1 Å². The molecule has 2 rings (SSSR count). The van der Waals surface area contributed by atoms with Crippen LogP contribution in [0.5, 0.6) is 0 Å². The van der Waals surface area contributed by atoms with E-state index < -0.39 is 11.9 Å². The molecule has 2 aromatic carbocycles. The molecule has 0 saturated heterocycles. The van der Waals surface area contributed by atoms with E-state index in [4.69, 9.17) is 9.84 Å². The van der Waals surface area contributed by atoms with E-state index in [1.807, 2.05) is 36.4 Å². The van der Waals surface area contributed by atoms with Crippen LogP contribution in [0.3, 0.4) is 0 Å². The van der Waals surface area contributed by atoms with Crippen molar-refractivity contribution in [3.8, 4) is 11.8 Å². The van der Waals surface area contributed by atoms with E-state index in [-0.39, 0.29) is 19.4 Å². The van der Waals surface area contributed by atoms with Crippen molar-refractivity contribution < 1.29 is 19.4 Å². The summed E-state index contributed by atoms with van der Waals surface area (Å²) in [7, 11) is 0. The Labute approximate surface area is 147 Å². The fourth-order valence-corrected chi connectivity index (χ4v) is 2.10. The van der Waals surface area contributed by atoms with Crippen LogP contribution in [0.15, 0.2) is 48.5 Å². The Morgan fingerprint density at radius 3 is 1.88 bits per heavy atom. The normalized spacial score (nSPS) is 9.80. The van der Waals surface area contributed by atoms with Gasteiger partial charge in [-0.2, -0.15) is 0 Å². The highest BCUT2D eigenvalue weighted by Crippen LogP contribution is 2.07. The lowest BCUT2D eigenvalue weighted by Crippen LogP contribution is -2.07. The van der Waals surface area contributed by atoms with Crippen LogP contribution < -0.4 is 0 Å². The van der Waals surface area contributed by atoms with Gasteiger partial charge in [0.15, 0.2) is 0 Å². The molecule has 25 heavy (non-hydrogen) atoms. The van der Waals surface area contributed by atoms with Gasteiger partial charge >= 0.3 is 11.9 Å². The van der Waals surface area contributed by atoms with Crippen molar-refractivity contribution in [1.82, 2.24) is 0 Å². The maximum atomic E-state index is 11.4. The lowest BCUT2D eigenvalue weighted by atomic mass is 10.1. The highest BCUT2D eigenvalue weighted by molar-refractivity contribution is 5.76. The average molecular weight is 336 g/mol. The van der Waals surface area contributed by atoms with Crippen molar-refractivity contribution in [3.05, 3.63) is 70.8 Å². The van der Waals surface area contributed by atoms with Gasteiger partial charge in [0.25, 0.3) is 0 Å². The summed E-state index contributed by atoms with van der Waals surface area (Å²) in [5.74, 6) is 4.70. The first-order valence-electron chi connectivity index (χ1n) is 8.14. The predicted octanol–water partition coefficient (Wildman–Crippen LogP) is 3.56. The maximum Gasteiger partial charge on any atom is 0.306 e. The number of aliphatic carboxylic acids is 1. The third-order valence-electron chi connectivity index (χ3n) is 3.61. The van der Waals surface area contributed by atoms with E-state index in [1.165, 1.54) is 5.56 Å². The van der Waals surface area contributed by atoms with Crippen molar-refractivity contribution in [2.75, 3.05) is 0 Å². The summed E-state index contributed by atoms with van der Waals surface area (Å²) in [6.07, 6.45) is 0.679. The van der Waals surface area contributed by atoms with Crippen molar-refractivity contribution in [2.45, 2.75) is 32.8 Å². The molecule has 0 saturated carbocycles. The van der Waals surface area contributed by atoms with Crippen LogP contribution in [-0.4, -0.2) is 17.0 Å². The molecule has 0 heterocycles. The quantitative estimate of drug-likeness (QED) is 0.647. The largest absolute Gasteiger partial charge is 0.481 e. The van der Waals surface area contributed by atoms with Crippen molar-refractivity contribution >= 4 is 11.9 Å². The third kappa shape index (κ3) is 6.52.